The Balaban J connectivity index is 1.35. The van der Waals surface area contributed by atoms with Gasteiger partial charge in [-0.3, -0.25) is 4.79 Å². The number of aryl methyl sites for hydroxylation is 2. The van der Waals surface area contributed by atoms with Gasteiger partial charge >= 0.3 is 0 Å². The van der Waals surface area contributed by atoms with E-state index in [4.69, 9.17) is 0 Å². The smallest absolute Gasteiger partial charge is 0.246 e. The number of nitrogens with zero attached hydrogens (tertiary/aromatic N) is 5. The van der Waals surface area contributed by atoms with Gasteiger partial charge in [-0.1, -0.05) is 0 Å². The predicted molar refractivity (Wildman–Crippen MR) is 121 cm³/mol. The molecule has 7 nitrogen and oxygen atoms in total. The third-order valence-corrected chi connectivity index (χ3v) is 6.56. The summed E-state index contributed by atoms with van der Waals surface area (Å²) in [6.07, 6.45) is 9.80. The molecule has 0 radical (unpaired) electrons. The molecule has 0 bridgehead atoms. The van der Waals surface area contributed by atoms with Crippen LogP contribution in [0.4, 0.5) is 10.9 Å². The molecule has 1 N–H and O–H groups in total. The van der Waals surface area contributed by atoms with Crippen LogP contribution in [-0.4, -0.2) is 43.8 Å². The zero-order chi connectivity index (χ0) is 20.9. The summed E-state index contributed by atoms with van der Waals surface area (Å²) in [5.41, 5.74) is 1.82. The second-order valence-corrected chi connectivity index (χ2v) is 9.71. The van der Waals surface area contributed by atoms with E-state index in [1.54, 1.807) is 41.2 Å². The van der Waals surface area contributed by atoms with Crippen LogP contribution < -0.4 is 5.32 Å². The number of carbonyl (C=O) groups is 1. The van der Waals surface area contributed by atoms with E-state index in [-0.39, 0.29) is 5.91 Å². The van der Waals surface area contributed by atoms with Crippen LogP contribution in [0, 0.1) is 19.8 Å². The van der Waals surface area contributed by atoms with Crippen molar-refractivity contribution in [1.82, 2.24) is 24.8 Å². The van der Waals surface area contributed by atoms with E-state index in [1.165, 1.54) is 0 Å². The zero-order valence-corrected chi connectivity index (χ0v) is 18.7. The van der Waals surface area contributed by atoms with Crippen LogP contribution >= 0.6 is 22.7 Å². The topological polar surface area (TPSA) is 83.9 Å². The van der Waals surface area contributed by atoms with Gasteiger partial charge in [0.1, 0.15) is 12.1 Å². The molecule has 0 saturated carbocycles. The summed E-state index contributed by atoms with van der Waals surface area (Å²) in [5, 5.41) is 7.04. The van der Waals surface area contributed by atoms with E-state index in [9.17, 15) is 4.79 Å². The molecule has 4 heterocycles. The van der Waals surface area contributed by atoms with Gasteiger partial charge in [-0.15, -0.1) is 22.7 Å². The highest BCUT2D eigenvalue weighted by Gasteiger charge is 2.23. The summed E-state index contributed by atoms with van der Waals surface area (Å²) in [5.74, 6) is 1.19. The molecule has 1 aliphatic rings. The van der Waals surface area contributed by atoms with Gasteiger partial charge in [0, 0.05) is 47.4 Å². The van der Waals surface area contributed by atoms with Crippen LogP contribution in [0.2, 0.25) is 0 Å². The highest BCUT2D eigenvalue weighted by atomic mass is 32.1. The fourth-order valence-electron chi connectivity index (χ4n) is 3.55. The number of nitrogens with one attached hydrogen (secondary N) is 1. The molecular formula is C21H24N6OS2. The van der Waals surface area contributed by atoms with Crippen molar-refractivity contribution in [3.05, 3.63) is 51.3 Å². The maximum Gasteiger partial charge on any atom is 0.246 e. The number of amides is 1. The molecule has 3 aromatic heterocycles. The molecular weight excluding hydrogens is 416 g/mol. The monoisotopic (exact) mass is 440 g/mol. The number of likely N-dealkylation sites (tertiary alicyclic amines) is 1. The second-order valence-electron chi connectivity index (χ2n) is 7.42. The molecule has 0 aromatic carbocycles. The first-order valence-corrected chi connectivity index (χ1v) is 11.6. The molecule has 1 aliphatic heterocycles. The zero-order valence-electron chi connectivity index (χ0n) is 17.0. The van der Waals surface area contributed by atoms with Gasteiger partial charge in [0.15, 0.2) is 5.13 Å². The fourth-order valence-corrected chi connectivity index (χ4v) is 4.80. The Morgan fingerprint density at radius 2 is 2.23 bits per heavy atom. The lowest BCUT2D eigenvalue weighted by Crippen LogP contribution is -2.39. The first-order chi connectivity index (χ1) is 14.5. The molecule has 0 spiro atoms. The maximum atomic E-state index is 12.6. The molecule has 9 heteroatoms. The van der Waals surface area contributed by atoms with Crippen molar-refractivity contribution in [2.24, 2.45) is 5.92 Å². The van der Waals surface area contributed by atoms with Gasteiger partial charge in [0.2, 0.25) is 5.91 Å². The van der Waals surface area contributed by atoms with Crippen molar-refractivity contribution in [1.29, 1.82) is 0 Å². The summed E-state index contributed by atoms with van der Waals surface area (Å²) >= 11 is 3.18. The minimum Gasteiger partial charge on any atom is -0.339 e. The summed E-state index contributed by atoms with van der Waals surface area (Å²) in [4.78, 5) is 33.1. The second kappa shape index (κ2) is 9.44. The number of aromatic nitrogens is 4. The molecule has 156 valence electrons. The molecule has 1 amide bonds. The first kappa shape index (κ1) is 20.6. The Bertz CT molecular complexity index is 1040. The molecule has 1 atom stereocenters. The normalized spacial score (nSPS) is 16.9. The molecule has 4 rings (SSSR count). The van der Waals surface area contributed by atoms with E-state index in [0.717, 1.165) is 64.6 Å². The van der Waals surface area contributed by atoms with Gasteiger partial charge in [0.05, 0.1) is 10.7 Å². The van der Waals surface area contributed by atoms with E-state index in [0.29, 0.717) is 5.92 Å². The van der Waals surface area contributed by atoms with Crippen molar-refractivity contribution in [2.45, 2.75) is 33.1 Å². The molecule has 0 unspecified atom stereocenters. The highest BCUT2D eigenvalue weighted by Crippen LogP contribution is 2.23. The maximum absolute atomic E-state index is 12.6. The van der Waals surface area contributed by atoms with Crippen molar-refractivity contribution in [3.63, 3.8) is 0 Å². The molecule has 0 aliphatic carbocycles. The van der Waals surface area contributed by atoms with Gasteiger partial charge in [0.25, 0.3) is 0 Å². The summed E-state index contributed by atoms with van der Waals surface area (Å²) in [7, 11) is 0. The van der Waals surface area contributed by atoms with E-state index in [2.05, 4.69) is 25.3 Å². The van der Waals surface area contributed by atoms with Gasteiger partial charge in [-0.2, -0.15) is 0 Å². The average molecular weight is 441 g/mol. The minimum absolute atomic E-state index is 0.0505. The van der Waals surface area contributed by atoms with Gasteiger partial charge in [-0.05, 0) is 45.1 Å². The Labute approximate surface area is 183 Å². The first-order valence-electron chi connectivity index (χ1n) is 9.94. The lowest BCUT2D eigenvalue weighted by Gasteiger charge is -2.32. The largest absolute Gasteiger partial charge is 0.339 e. The average Bonchev–Trinajstić information content (AvgIpc) is 3.34. The van der Waals surface area contributed by atoms with Gasteiger partial charge < -0.3 is 10.2 Å². The van der Waals surface area contributed by atoms with Gasteiger partial charge in [-0.25, -0.2) is 19.9 Å². The highest BCUT2D eigenvalue weighted by molar-refractivity contribution is 7.15. The van der Waals surface area contributed by atoms with Crippen LogP contribution in [0.1, 0.15) is 34.1 Å². The fraction of sp³-hybridized carbons (Fsp3) is 0.381. The quantitative estimate of drug-likeness (QED) is 0.577. The van der Waals surface area contributed by atoms with Crippen LogP contribution in [0.15, 0.2) is 30.0 Å². The van der Waals surface area contributed by atoms with E-state index < -0.39 is 0 Å². The van der Waals surface area contributed by atoms with Crippen LogP contribution in [-0.2, 0) is 11.2 Å². The lowest BCUT2D eigenvalue weighted by atomic mass is 9.93. The van der Waals surface area contributed by atoms with Crippen molar-refractivity contribution in [3.8, 4) is 0 Å². The van der Waals surface area contributed by atoms with Crippen molar-refractivity contribution >= 4 is 45.6 Å². The van der Waals surface area contributed by atoms with Crippen molar-refractivity contribution in [2.75, 3.05) is 18.4 Å². The van der Waals surface area contributed by atoms with Crippen LogP contribution in [0.25, 0.3) is 6.08 Å². The number of hydrogen-bond acceptors (Lipinski definition) is 8. The van der Waals surface area contributed by atoms with Crippen LogP contribution in [0.5, 0.6) is 0 Å². The third-order valence-electron chi connectivity index (χ3n) is 4.94. The molecule has 1 saturated heterocycles. The summed E-state index contributed by atoms with van der Waals surface area (Å²) in [6.45, 7) is 5.54. The Morgan fingerprint density at radius 3 is 3.00 bits per heavy atom. The van der Waals surface area contributed by atoms with E-state index >= 15 is 0 Å². The minimum atomic E-state index is 0.0505. The standard InChI is InChI=1S/C21H24N6OS2/c1-14-10-22-21(30-14)26-19-9-18(23-13-24-19)8-16-4-3-7-27(11-16)20(28)6-5-17-12-29-15(2)25-17/h5-6,9-10,12-13,16H,3-4,7-8,11H2,1-2H3,(H,22,23,24,26)/b6-5+/t16-/m1/s1. The molecule has 30 heavy (non-hydrogen) atoms. The van der Waals surface area contributed by atoms with E-state index in [1.807, 2.05) is 36.4 Å². The Morgan fingerprint density at radius 1 is 1.33 bits per heavy atom. The molecule has 1 fully saturated rings. The molecule has 3 aromatic rings. The number of thiazole rings is 2. The number of carbonyl (C=O) groups excluding carboxylic acids is 1. The van der Waals surface area contributed by atoms with Crippen molar-refractivity contribution < 1.29 is 4.79 Å². The number of anilines is 2. The van der Waals surface area contributed by atoms with Crippen LogP contribution in [0.3, 0.4) is 0 Å². The lowest BCUT2D eigenvalue weighted by molar-refractivity contribution is -0.127. The number of rotatable bonds is 6. The SMILES string of the molecule is Cc1cnc(Nc2cc(C[C@H]3CCCN(C(=O)/C=C/c4csc(C)n4)C3)ncn2)s1. The third kappa shape index (κ3) is 5.48. The summed E-state index contributed by atoms with van der Waals surface area (Å²) in [6, 6.07) is 1.97. The summed E-state index contributed by atoms with van der Waals surface area (Å²) < 4.78 is 0. The number of hydrogen-bond donors (Lipinski definition) is 1. The predicted octanol–water partition coefficient (Wildman–Crippen LogP) is 4.24. The number of piperidine rings is 1. The Hall–Kier alpha value is -2.65. The Kier molecular flexibility index (Phi) is 6.49.